The van der Waals surface area contributed by atoms with Crippen LogP contribution in [0.3, 0.4) is 0 Å². The van der Waals surface area contributed by atoms with E-state index in [1.807, 2.05) is 6.07 Å². The van der Waals surface area contributed by atoms with Crippen molar-refractivity contribution < 1.29 is 9.47 Å². The van der Waals surface area contributed by atoms with Crippen molar-refractivity contribution in [1.82, 2.24) is 4.90 Å². The minimum Gasteiger partial charge on any atom is -0.454 e. The van der Waals surface area contributed by atoms with Crippen molar-refractivity contribution in [3.05, 3.63) is 23.8 Å². The number of hydrogen-bond acceptors (Lipinski definition) is 4. The second kappa shape index (κ2) is 4.78. The fraction of sp³-hybridized carbons (Fsp3) is 0.571. The van der Waals surface area contributed by atoms with E-state index in [0.29, 0.717) is 18.9 Å². The van der Waals surface area contributed by atoms with Crippen molar-refractivity contribution >= 4 is 0 Å². The lowest BCUT2D eigenvalue weighted by Crippen LogP contribution is -2.37. The number of nitrogens with zero attached hydrogens (tertiary/aromatic N) is 1. The first-order valence-electron chi connectivity index (χ1n) is 6.65. The number of nitrogens with two attached hydrogens (primary N) is 1. The van der Waals surface area contributed by atoms with Gasteiger partial charge in [-0.2, -0.15) is 0 Å². The molecule has 0 aliphatic carbocycles. The lowest BCUT2D eigenvalue weighted by molar-refractivity contribution is 0.173. The highest BCUT2D eigenvalue weighted by Crippen LogP contribution is 2.36. The first-order valence-corrected chi connectivity index (χ1v) is 6.65. The van der Waals surface area contributed by atoms with Gasteiger partial charge in [0.15, 0.2) is 11.5 Å². The Kier molecular flexibility index (Phi) is 3.14. The zero-order valence-electron chi connectivity index (χ0n) is 10.8. The minimum absolute atomic E-state index is 0.336. The van der Waals surface area contributed by atoms with E-state index in [9.17, 15) is 0 Å². The van der Waals surface area contributed by atoms with Gasteiger partial charge in [0.1, 0.15) is 0 Å². The van der Waals surface area contributed by atoms with Gasteiger partial charge in [0.25, 0.3) is 0 Å². The van der Waals surface area contributed by atoms with Gasteiger partial charge >= 0.3 is 0 Å². The lowest BCUT2D eigenvalue weighted by Gasteiger charge is -2.30. The molecule has 0 bridgehead atoms. The smallest absolute Gasteiger partial charge is 0.231 e. The van der Waals surface area contributed by atoms with Crippen LogP contribution in [0.2, 0.25) is 0 Å². The Morgan fingerprint density at radius 1 is 1.39 bits per heavy atom. The molecule has 1 fully saturated rings. The number of hydrogen-bond donors (Lipinski definition) is 1. The Bertz CT molecular complexity index is 436. The molecule has 98 valence electrons. The quantitative estimate of drug-likeness (QED) is 0.887. The van der Waals surface area contributed by atoms with E-state index in [4.69, 9.17) is 15.2 Å². The van der Waals surface area contributed by atoms with Gasteiger partial charge in [-0.3, -0.25) is 4.90 Å². The Hall–Kier alpha value is -1.26. The van der Waals surface area contributed by atoms with E-state index in [-0.39, 0.29) is 0 Å². The van der Waals surface area contributed by atoms with Crippen LogP contribution in [0.25, 0.3) is 0 Å². The third-order valence-electron chi connectivity index (χ3n) is 4.07. The molecular formula is C14H20N2O2. The number of fused-ring (bicyclic) bond motifs is 1. The van der Waals surface area contributed by atoms with Crippen LogP contribution in [-0.4, -0.2) is 30.8 Å². The maximum absolute atomic E-state index is 5.84. The number of likely N-dealkylation sites (tertiary alicyclic amines) is 1. The van der Waals surface area contributed by atoms with E-state index in [2.05, 4.69) is 24.0 Å². The van der Waals surface area contributed by atoms with E-state index in [1.54, 1.807) is 0 Å². The van der Waals surface area contributed by atoms with Crippen molar-refractivity contribution in [3.63, 3.8) is 0 Å². The van der Waals surface area contributed by atoms with E-state index in [0.717, 1.165) is 24.6 Å². The van der Waals surface area contributed by atoms with Crippen molar-refractivity contribution in [3.8, 4) is 11.5 Å². The standard InChI is InChI=1S/C14H20N2O2/c1-10(16-6-2-3-12(16)8-15)11-4-5-13-14(7-11)18-9-17-13/h4-5,7,10,12H,2-3,6,8-9,15H2,1H3. The van der Waals surface area contributed by atoms with E-state index in [1.165, 1.54) is 18.4 Å². The number of ether oxygens (including phenoxy) is 2. The van der Waals surface area contributed by atoms with Gasteiger partial charge in [-0.05, 0) is 44.0 Å². The largest absolute Gasteiger partial charge is 0.454 e. The summed E-state index contributed by atoms with van der Waals surface area (Å²) in [5.74, 6) is 1.71. The van der Waals surface area contributed by atoms with Crippen molar-refractivity contribution in [2.24, 2.45) is 5.73 Å². The monoisotopic (exact) mass is 248 g/mol. The molecule has 2 aliphatic rings. The molecule has 0 aromatic heterocycles. The molecule has 0 saturated carbocycles. The molecule has 1 aromatic rings. The molecule has 0 amide bonds. The summed E-state index contributed by atoms with van der Waals surface area (Å²) < 4.78 is 10.8. The van der Waals surface area contributed by atoms with Crippen molar-refractivity contribution in [2.45, 2.75) is 31.8 Å². The predicted molar refractivity (Wildman–Crippen MR) is 69.8 cm³/mol. The van der Waals surface area contributed by atoms with Crippen LogP contribution in [0.5, 0.6) is 11.5 Å². The molecule has 2 aliphatic heterocycles. The average molecular weight is 248 g/mol. The van der Waals surface area contributed by atoms with Gasteiger partial charge in [-0.1, -0.05) is 6.07 Å². The molecule has 18 heavy (non-hydrogen) atoms. The average Bonchev–Trinajstić information content (AvgIpc) is 3.05. The Morgan fingerprint density at radius 3 is 3.06 bits per heavy atom. The SMILES string of the molecule is CC(c1ccc2c(c1)OCO2)N1CCCC1CN. The summed E-state index contributed by atoms with van der Waals surface area (Å²) in [6, 6.07) is 7.13. The molecular weight excluding hydrogens is 228 g/mol. The van der Waals surface area contributed by atoms with Gasteiger partial charge in [-0.15, -0.1) is 0 Å². The van der Waals surface area contributed by atoms with Crippen molar-refractivity contribution in [2.75, 3.05) is 19.9 Å². The van der Waals surface area contributed by atoms with E-state index >= 15 is 0 Å². The van der Waals surface area contributed by atoms with Crippen LogP contribution < -0.4 is 15.2 Å². The maximum atomic E-state index is 5.84. The topological polar surface area (TPSA) is 47.7 Å². The normalized spacial score (nSPS) is 24.4. The molecule has 2 N–H and O–H groups in total. The Labute approximate surface area is 108 Å². The first kappa shape index (κ1) is 11.8. The summed E-state index contributed by atoms with van der Waals surface area (Å²) in [6.07, 6.45) is 2.46. The highest BCUT2D eigenvalue weighted by atomic mass is 16.7. The first-order chi connectivity index (χ1) is 8.79. The summed E-state index contributed by atoms with van der Waals surface area (Å²) in [5.41, 5.74) is 7.12. The molecule has 2 heterocycles. The molecule has 2 unspecified atom stereocenters. The molecule has 2 atom stereocenters. The number of benzene rings is 1. The molecule has 3 rings (SSSR count). The fourth-order valence-corrected chi connectivity index (χ4v) is 2.99. The summed E-state index contributed by atoms with van der Waals surface area (Å²) in [6.45, 7) is 4.46. The van der Waals surface area contributed by atoms with Gasteiger partial charge in [0.05, 0.1) is 0 Å². The minimum atomic E-state index is 0.336. The molecule has 0 radical (unpaired) electrons. The van der Waals surface area contributed by atoms with Gasteiger partial charge < -0.3 is 15.2 Å². The van der Waals surface area contributed by atoms with Crippen LogP contribution in [0.1, 0.15) is 31.4 Å². The summed E-state index contributed by atoms with van der Waals surface area (Å²) in [5, 5.41) is 0. The number of rotatable bonds is 3. The van der Waals surface area contributed by atoms with E-state index < -0.39 is 0 Å². The molecule has 0 spiro atoms. The maximum Gasteiger partial charge on any atom is 0.231 e. The zero-order chi connectivity index (χ0) is 12.5. The van der Waals surface area contributed by atoms with Crippen LogP contribution in [0.15, 0.2) is 18.2 Å². The molecule has 1 aromatic carbocycles. The third-order valence-corrected chi connectivity index (χ3v) is 4.07. The van der Waals surface area contributed by atoms with Gasteiger partial charge in [0.2, 0.25) is 6.79 Å². The lowest BCUT2D eigenvalue weighted by atomic mass is 10.1. The summed E-state index contributed by atoms with van der Waals surface area (Å²) in [4.78, 5) is 2.50. The van der Waals surface area contributed by atoms with Crippen LogP contribution in [0, 0.1) is 0 Å². The fourth-order valence-electron chi connectivity index (χ4n) is 2.99. The second-order valence-corrected chi connectivity index (χ2v) is 5.06. The van der Waals surface area contributed by atoms with Crippen LogP contribution in [0.4, 0.5) is 0 Å². The predicted octanol–water partition coefficient (Wildman–Crippen LogP) is 1.90. The van der Waals surface area contributed by atoms with Crippen LogP contribution >= 0.6 is 0 Å². The van der Waals surface area contributed by atoms with Crippen LogP contribution in [-0.2, 0) is 0 Å². The van der Waals surface area contributed by atoms with Gasteiger partial charge in [0, 0.05) is 18.6 Å². The molecule has 4 nitrogen and oxygen atoms in total. The Balaban J connectivity index is 1.81. The third kappa shape index (κ3) is 1.95. The summed E-state index contributed by atoms with van der Waals surface area (Å²) in [7, 11) is 0. The second-order valence-electron chi connectivity index (χ2n) is 5.06. The Morgan fingerprint density at radius 2 is 2.22 bits per heavy atom. The summed E-state index contributed by atoms with van der Waals surface area (Å²) >= 11 is 0. The highest BCUT2D eigenvalue weighted by molar-refractivity contribution is 5.45. The zero-order valence-corrected chi connectivity index (χ0v) is 10.8. The molecule has 4 heteroatoms. The highest BCUT2D eigenvalue weighted by Gasteiger charge is 2.28. The van der Waals surface area contributed by atoms with Gasteiger partial charge in [-0.25, -0.2) is 0 Å². The van der Waals surface area contributed by atoms with Crippen molar-refractivity contribution in [1.29, 1.82) is 0 Å². The molecule has 1 saturated heterocycles.